The number of amides is 2. The molecule has 1 heterocycles. The van der Waals surface area contributed by atoms with Crippen molar-refractivity contribution in [2.24, 2.45) is 5.73 Å². The molecule has 7 nitrogen and oxygen atoms in total. The highest BCUT2D eigenvalue weighted by molar-refractivity contribution is 5.94. The average Bonchev–Trinajstić information content (AvgIpc) is 2.88. The number of anilines is 1. The summed E-state index contributed by atoms with van der Waals surface area (Å²) >= 11 is 0. The van der Waals surface area contributed by atoms with E-state index in [4.69, 9.17) is 10.8 Å². The molecule has 0 aromatic heterocycles. The summed E-state index contributed by atoms with van der Waals surface area (Å²) in [5.41, 5.74) is 5.09. The smallest absolute Gasteiger partial charge is 0.248 e. The summed E-state index contributed by atoms with van der Waals surface area (Å²) < 4.78 is 0. The van der Waals surface area contributed by atoms with Gasteiger partial charge in [0.2, 0.25) is 11.8 Å². The van der Waals surface area contributed by atoms with Gasteiger partial charge in [0.25, 0.3) is 0 Å². The standard InChI is InChI=1S/C15H21N3O4/c16-14(21)11-1-3-12(4-2-11)17-13(20)5-7-18-8-6-15(22,9-18)10-19/h1-4,19,22H,5-10H2,(H2,16,21)(H,17,20). The number of hydrogen-bond acceptors (Lipinski definition) is 5. The molecule has 1 aliphatic rings. The van der Waals surface area contributed by atoms with E-state index in [9.17, 15) is 14.7 Å². The van der Waals surface area contributed by atoms with Gasteiger partial charge in [-0.2, -0.15) is 0 Å². The molecule has 1 aromatic rings. The summed E-state index contributed by atoms with van der Waals surface area (Å²) in [5.74, 6) is -0.658. The maximum atomic E-state index is 11.9. The highest BCUT2D eigenvalue weighted by atomic mass is 16.3. The number of β-amino-alcohol motifs (C(OH)–C–C–N with tert-alkyl or cyclic N) is 1. The first-order valence-corrected chi connectivity index (χ1v) is 7.17. The molecule has 1 atom stereocenters. The van der Waals surface area contributed by atoms with Gasteiger partial charge in [0.05, 0.1) is 6.61 Å². The molecule has 7 heteroatoms. The fourth-order valence-electron chi connectivity index (χ4n) is 2.46. The van der Waals surface area contributed by atoms with Crippen LogP contribution in [0.15, 0.2) is 24.3 Å². The van der Waals surface area contributed by atoms with Crippen molar-refractivity contribution in [3.8, 4) is 0 Å². The maximum Gasteiger partial charge on any atom is 0.248 e. The quantitative estimate of drug-likeness (QED) is 0.568. The Morgan fingerprint density at radius 2 is 2.00 bits per heavy atom. The third-order valence-electron chi connectivity index (χ3n) is 3.81. The van der Waals surface area contributed by atoms with Crippen LogP contribution in [0.25, 0.3) is 0 Å². The Morgan fingerprint density at radius 1 is 1.32 bits per heavy atom. The third-order valence-corrected chi connectivity index (χ3v) is 3.81. The van der Waals surface area contributed by atoms with Gasteiger partial charge in [0.15, 0.2) is 0 Å². The van der Waals surface area contributed by atoms with Gasteiger partial charge in [-0.1, -0.05) is 0 Å². The fraction of sp³-hybridized carbons (Fsp3) is 0.467. The molecule has 0 aliphatic carbocycles. The lowest BCUT2D eigenvalue weighted by molar-refractivity contribution is -0.116. The Kier molecular flexibility index (Phi) is 5.12. The second-order valence-corrected chi connectivity index (χ2v) is 5.65. The minimum absolute atomic E-state index is 0.147. The molecule has 22 heavy (non-hydrogen) atoms. The molecule has 1 fully saturated rings. The summed E-state index contributed by atoms with van der Waals surface area (Å²) in [6.45, 7) is 1.30. The third kappa shape index (κ3) is 4.27. The van der Waals surface area contributed by atoms with E-state index in [1.807, 2.05) is 4.90 Å². The molecule has 1 unspecified atom stereocenters. The predicted molar refractivity (Wildman–Crippen MR) is 81.3 cm³/mol. The molecule has 2 rings (SSSR count). The lowest BCUT2D eigenvalue weighted by atomic mass is 10.1. The molecule has 0 saturated carbocycles. The van der Waals surface area contributed by atoms with E-state index in [0.717, 1.165) is 0 Å². The van der Waals surface area contributed by atoms with E-state index in [0.29, 0.717) is 43.7 Å². The maximum absolute atomic E-state index is 11.9. The number of nitrogens with zero attached hydrogens (tertiary/aromatic N) is 1. The number of aliphatic hydroxyl groups is 2. The molecule has 120 valence electrons. The molecule has 0 bridgehead atoms. The molecule has 1 aromatic carbocycles. The lowest BCUT2D eigenvalue weighted by Crippen LogP contribution is -2.37. The van der Waals surface area contributed by atoms with Crippen LogP contribution in [0.3, 0.4) is 0 Å². The molecule has 0 radical (unpaired) electrons. The molecule has 2 amide bonds. The molecular weight excluding hydrogens is 286 g/mol. The second-order valence-electron chi connectivity index (χ2n) is 5.65. The first kappa shape index (κ1) is 16.4. The molecule has 0 spiro atoms. The molecule has 1 aliphatic heterocycles. The number of hydrogen-bond donors (Lipinski definition) is 4. The van der Waals surface area contributed by atoms with Crippen molar-refractivity contribution >= 4 is 17.5 Å². The van der Waals surface area contributed by atoms with Gasteiger partial charge in [-0.15, -0.1) is 0 Å². The van der Waals surface area contributed by atoms with E-state index >= 15 is 0 Å². The zero-order valence-electron chi connectivity index (χ0n) is 12.3. The number of benzene rings is 1. The summed E-state index contributed by atoms with van der Waals surface area (Å²) in [5, 5.41) is 21.7. The van der Waals surface area contributed by atoms with Crippen molar-refractivity contribution in [3.05, 3.63) is 29.8 Å². The summed E-state index contributed by atoms with van der Waals surface area (Å²) in [7, 11) is 0. The van der Waals surface area contributed by atoms with E-state index < -0.39 is 11.5 Å². The van der Waals surface area contributed by atoms with E-state index in [1.54, 1.807) is 24.3 Å². The monoisotopic (exact) mass is 307 g/mol. The van der Waals surface area contributed by atoms with Crippen LogP contribution in [-0.2, 0) is 4.79 Å². The van der Waals surface area contributed by atoms with Crippen molar-refractivity contribution in [1.82, 2.24) is 4.90 Å². The first-order chi connectivity index (χ1) is 10.4. The number of aliphatic hydroxyl groups excluding tert-OH is 1. The van der Waals surface area contributed by atoms with Gasteiger partial charge in [-0.25, -0.2) is 0 Å². The van der Waals surface area contributed by atoms with Gasteiger partial charge >= 0.3 is 0 Å². The number of carbonyl (C=O) groups excluding carboxylic acids is 2. The van der Waals surface area contributed by atoms with Gasteiger partial charge in [0, 0.05) is 37.3 Å². The Balaban J connectivity index is 1.77. The van der Waals surface area contributed by atoms with Crippen LogP contribution in [0.2, 0.25) is 0 Å². The van der Waals surface area contributed by atoms with Crippen LogP contribution >= 0.6 is 0 Å². The van der Waals surface area contributed by atoms with Crippen LogP contribution in [-0.4, -0.2) is 58.8 Å². The minimum atomic E-state index is -1.04. The van der Waals surface area contributed by atoms with E-state index in [-0.39, 0.29) is 12.5 Å². The number of nitrogens with two attached hydrogens (primary N) is 1. The lowest BCUT2D eigenvalue weighted by Gasteiger charge is -2.20. The Labute approximate surface area is 128 Å². The van der Waals surface area contributed by atoms with Crippen LogP contribution in [0.4, 0.5) is 5.69 Å². The van der Waals surface area contributed by atoms with Crippen LogP contribution in [0.5, 0.6) is 0 Å². The molecular formula is C15H21N3O4. The topological polar surface area (TPSA) is 116 Å². The first-order valence-electron chi connectivity index (χ1n) is 7.17. The Hall–Kier alpha value is -1.96. The summed E-state index contributed by atoms with van der Waals surface area (Å²) in [6.07, 6.45) is 0.804. The number of carbonyl (C=O) groups is 2. The Bertz CT molecular complexity index is 546. The van der Waals surface area contributed by atoms with Crippen molar-refractivity contribution in [3.63, 3.8) is 0 Å². The highest BCUT2D eigenvalue weighted by Crippen LogP contribution is 2.20. The summed E-state index contributed by atoms with van der Waals surface area (Å²) in [6, 6.07) is 6.36. The van der Waals surface area contributed by atoms with Crippen molar-refractivity contribution < 1.29 is 19.8 Å². The van der Waals surface area contributed by atoms with Crippen molar-refractivity contribution in [2.45, 2.75) is 18.4 Å². The van der Waals surface area contributed by atoms with Crippen LogP contribution < -0.4 is 11.1 Å². The minimum Gasteiger partial charge on any atom is -0.393 e. The zero-order chi connectivity index (χ0) is 16.2. The van der Waals surface area contributed by atoms with Gasteiger partial charge in [-0.3, -0.25) is 14.5 Å². The number of nitrogens with one attached hydrogen (secondary N) is 1. The normalized spacial score (nSPS) is 21.7. The molecule has 1 saturated heterocycles. The summed E-state index contributed by atoms with van der Waals surface area (Å²) in [4.78, 5) is 24.8. The number of likely N-dealkylation sites (tertiary alicyclic amines) is 1. The van der Waals surface area contributed by atoms with Gasteiger partial charge < -0.3 is 21.3 Å². The van der Waals surface area contributed by atoms with Crippen LogP contribution in [0, 0.1) is 0 Å². The van der Waals surface area contributed by atoms with Crippen molar-refractivity contribution in [2.75, 3.05) is 31.6 Å². The molecule has 5 N–H and O–H groups in total. The average molecular weight is 307 g/mol. The largest absolute Gasteiger partial charge is 0.393 e. The SMILES string of the molecule is NC(=O)c1ccc(NC(=O)CCN2CCC(O)(CO)C2)cc1. The number of rotatable bonds is 6. The second kappa shape index (κ2) is 6.87. The van der Waals surface area contributed by atoms with E-state index in [2.05, 4.69) is 5.32 Å². The van der Waals surface area contributed by atoms with Crippen LogP contribution in [0.1, 0.15) is 23.2 Å². The zero-order valence-corrected chi connectivity index (χ0v) is 12.3. The Morgan fingerprint density at radius 3 is 2.55 bits per heavy atom. The fourth-order valence-corrected chi connectivity index (χ4v) is 2.46. The number of primary amides is 1. The van der Waals surface area contributed by atoms with E-state index in [1.165, 1.54) is 0 Å². The van der Waals surface area contributed by atoms with Gasteiger partial charge in [-0.05, 0) is 30.7 Å². The van der Waals surface area contributed by atoms with Crippen molar-refractivity contribution in [1.29, 1.82) is 0 Å². The van der Waals surface area contributed by atoms with Gasteiger partial charge in [0.1, 0.15) is 5.60 Å². The highest BCUT2D eigenvalue weighted by Gasteiger charge is 2.35. The predicted octanol–water partition coefficient (Wildman–Crippen LogP) is -0.457.